The lowest BCUT2D eigenvalue weighted by Crippen LogP contribution is -2.50. The van der Waals surface area contributed by atoms with Crippen LogP contribution < -0.4 is 0 Å². The number of hydrogen-bond donors (Lipinski definition) is 1. The van der Waals surface area contributed by atoms with Crippen LogP contribution in [0.15, 0.2) is 18.2 Å². The summed E-state index contributed by atoms with van der Waals surface area (Å²) >= 11 is 0. The maximum Gasteiger partial charge on any atom is 0.329 e. The van der Waals surface area contributed by atoms with Crippen LogP contribution in [0, 0.1) is 17.0 Å². The van der Waals surface area contributed by atoms with Crippen molar-refractivity contribution in [2.75, 3.05) is 6.54 Å². The molecule has 1 aromatic carbocycles. The van der Waals surface area contributed by atoms with Crippen molar-refractivity contribution in [1.82, 2.24) is 4.90 Å². The van der Waals surface area contributed by atoms with Crippen molar-refractivity contribution >= 4 is 17.6 Å². The Kier molecular flexibility index (Phi) is 3.67. The number of rotatable bonds is 3. The van der Waals surface area contributed by atoms with Gasteiger partial charge in [-0.15, -0.1) is 0 Å². The largest absolute Gasteiger partial charge is 0.480 e. The number of carbonyl (C=O) groups excluding carboxylic acids is 1. The summed E-state index contributed by atoms with van der Waals surface area (Å²) in [6, 6.07) is 4.25. The van der Waals surface area contributed by atoms with Crippen molar-refractivity contribution in [3.8, 4) is 0 Å². The van der Waals surface area contributed by atoms with Gasteiger partial charge in [0.2, 0.25) is 0 Å². The SMILES string of the molecule is Cc1c(C(=O)N2CCCC2(C)C(=O)O)cccc1[N+](=O)[O-]. The van der Waals surface area contributed by atoms with E-state index in [0.717, 1.165) is 0 Å². The number of aliphatic carboxylic acids is 1. The second kappa shape index (κ2) is 5.16. The first-order valence-electron chi connectivity index (χ1n) is 6.58. The van der Waals surface area contributed by atoms with Crippen LogP contribution in [-0.2, 0) is 4.79 Å². The molecule has 0 aromatic heterocycles. The van der Waals surface area contributed by atoms with Gasteiger partial charge in [-0.1, -0.05) is 6.07 Å². The maximum atomic E-state index is 12.6. The van der Waals surface area contributed by atoms with Gasteiger partial charge < -0.3 is 10.0 Å². The van der Waals surface area contributed by atoms with Gasteiger partial charge in [-0.3, -0.25) is 14.9 Å². The number of carboxylic acid groups (broad SMARTS) is 1. The molecule has 1 amide bonds. The van der Waals surface area contributed by atoms with Crippen LogP contribution >= 0.6 is 0 Å². The molecule has 1 fully saturated rings. The number of amides is 1. The second-order valence-electron chi connectivity index (χ2n) is 5.35. The third-order valence-corrected chi connectivity index (χ3v) is 4.08. The molecule has 0 spiro atoms. The molecular weight excluding hydrogens is 276 g/mol. The molecule has 0 aliphatic carbocycles. The minimum absolute atomic E-state index is 0.142. The molecule has 1 heterocycles. The minimum atomic E-state index is -1.26. The zero-order valence-corrected chi connectivity index (χ0v) is 11.8. The van der Waals surface area contributed by atoms with Gasteiger partial charge in [-0.05, 0) is 32.8 Å². The maximum absolute atomic E-state index is 12.6. The van der Waals surface area contributed by atoms with Gasteiger partial charge >= 0.3 is 5.97 Å². The number of nitro benzene ring substituents is 1. The quantitative estimate of drug-likeness (QED) is 0.678. The second-order valence-corrected chi connectivity index (χ2v) is 5.35. The van der Waals surface area contributed by atoms with Crippen molar-refractivity contribution < 1.29 is 19.6 Å². The van der Waals surface area contributed by atoms with Gasteiger partial charge in [0.25, 0.3) is 11.6 Å². The van der Waals surface area contributed by atoms with Crippen molar-refractivity contribution in [3.63, 3.8) is 0 Å². The molecule has 1 unspecified atom stereocenters. The number of hydrogen-bond acceptors (Lipinski definition) is 4. The number of carbonyl (C=O) groups is 2. The van der Waals surface area contributed by atoms with Crippen LogP contribution in [0.25, 0.3) is 0 Å². The molecule has 1 atom stereocenters. The highest BCUT2D eigenvalue weighted by Gasteiger charge is 2.46. The molecule has 1 aromatic rings. The number of benzene rings is 1. The molecule has 0 saturated carbocycles. The van der Waals surface area contributed by atoms with Crippen molar-refractivity contribution in [3.05, 3.63) is 39.4 Å². The van der Waals surface area contributed by atoms with Gasteiger partial charge in [-0.2, -0.15) is 0 Å². The van der Waals surface area contributed by atoms with E-state index in [1.165, 1.54) is 36.9 Å². The highest BCUT2D eigenvalue weighted by atomic mass is 16.6. The fourth-order valence-corrected chi connectivity index (χ4v) is 2.71. The molecule has 21 heavy (non-hydrogen) atoms. The molecule has 1 N–H and O–H groups in total. The molecule has 0 radical (unpaired) electrons. The Balaban J connectivity index is 2.44. The van der Waals surface area contributed by atoms with Gasteiger partial charge in [0.05, 0.1) is 4.92 Å². The van der Waals surface area contributed by atoms with Gasteiger partial charge in [0, 0.05) is 23.7 Å². The fraction of sp³-hybridized carbons (Fsp3) is 0.429. The lowest BCUT2D eigenvalue weighted by atomic mass is 9.97. The van der Waals surface area contributed by atoms with Gasteiger partial charge in [0.15, 0.2) is 0 Å². The minimum Gasteiger partial charge on any atom is -0.480 e. The summed E-state index contributed by atoms with van der Waals surface area (Å²) in [5.74, 6) is -1.53. The molecule has 1 aliphatic rings. The Morgan fingerprint density at radius 2 is 2.10 bits per heavy atom. The summed E-state index contributed by atoms with van der Waals surface area (Å²) in [6.07, 6.45) is 0.977. The summed E-state index contributed by atoms with van der Waals surface area (Å²) in [4.78, 5) is 35.7. The Morgan fingerprint density at radius 3 is 2.67 bits per heavy atom. The van der Waals surface area contributed by atoms with E-state index in [0.29, 0.717) is 19.4 Å². The summed E-state index contributed by atoms with van der Waals surface area (Å²) < 4.78 is 0. The summed E-state index contributed by atoms with van der Waals surface area (Å²) in [5.41, 5.74) is -0.962. The van der Waals surface area contributed by atoms with E-state index in [1.807, 2.05) is 0 Å². The van der Waals surface area contributed by atoms with Crippen molar-refractivity contribution in [2.45, 2.75) is 32.2 Å². The normalized spacial score (nSPS) is 21.3. The number of carboxylic acids is 1. The van der Waals surface area contributed by atoms with Crippen LogP contribution in [0.5, 0.6) is 0 Å². The number of nitro groups is 1. The average molecular weight is 292 g/mol. The fourth-order valence-electron chi connectivity index (χ4n) is 2.71. The third kappa shape index (κ3) is 2.35. The van der Waals surface area contributed by atoms with Gasteiger partial charge in [-0.25, -0.2) is 4.79 Å². The van der Waals surface area contributed by atoms with E-state index in [-0.39, 0.29) is 16.8 Å². The average Bonchev–Trinajstić information content (AvgIpc) is 2.81. The number of nitrogens with zero attached hydrogens (tertiary/aromatic N) is 2. The summed E-state index contributed by atoms with van der Waals surface area (Å²) in [5, 5.41) is 20.3. The lowest BCUT2D eigenvalue weighted by molar-refractivity contribution is -0.385. The van der Waals surface area contributed by atoms with Gasteiger partial charge in [0.1, 0.15) is 5.54 Å². The van der Waals surface area contributed by atoms with Crippen LogP contribution in [0.4, 0.5) is 5.69 Å². The highest BCUT2D eigenvalue weighted by molar-refractivity contribution is 6.00. The molecular formula is C14H16N2O5. The molecule has 0 bridgehead atoms. The molecule has 7 heteroatoms. The summed E-state index contributed by atoms with van der Waals surface area (Å²) in [7, 11) is 0. The lowest BCUT2D eigenvalue weighted by Gasteiger charge is -2.31. The summed E-state index contributed by atoms with van der Waals surface area (Å²) in [6.45, 7) is 3.34. The monoisotopic (exact) mass is 292 g/mol. The first-order valence-corrected chi connectivity index (χ1v) is 6.58. The molecule has 7 nitrogen and oxygen atoms in total. The van der Waals surface area contributed by atoms with E-state index < -0.39 is 22.3 Å². The predicted molar refractivity (Wildman–Crippen MR) is 74.1 cm³/mol. The Hall–Kier alpha value is -2.44. The smallest absolute Gasteiger partial charge is 0.329 e. The van der Waals surface area contributed by atoms with E-state index in [4.69, 9.17) is 0 Å². The van der Waals surface area contributed by atoms with E-state index in [9.17, 15) is 24.8 Å². The van der Waals surface area contributed by atoms with Crippen LogP contribution in [-0.4, -0.2) is 38.9 Å². The topological polar surface area (TPSA) is 101 Å². The Labute approximate surface area is 121 Å². The predicted octanol–water partition coefficient (Wildman–Crippen LogP) is 1.98. The Morgan fingerprint density at radius 1 is 1.43 bits per heavy atom. The molecule has 2 rings (SSSR count). The highest BCUT2D eigenvalue weighted by Crippen LogP contribution is 2.32. The van der Waals surface area contributed by atoms with Crippen molar-refractivity contribution in [2.24, 2.45) is 0 Å². The first kappa shape index (κ1) is 15.0. The zero-order valence-electron chi connectivity index (χ0n) is 11.8. The van der Waals surface area contributed by atoms with Crippen LogP contribution in [0.1, 0.15) is 35.7 Å². The molecule has 1 aliphatic heterocycles. The Bertz CT molecular complexity index is 628. The third-order valence-electron chi connectivity index (χ3n) is 4.08. The van der Waals surface area contributed by atoms with Crippen LogP contribution in [0.3, 0.4) is 0 Å². The first-order chi connectivity index (χ1) is 9.79. The molecule has 112 valence electrons. The zero-order chi connectivity index (χ0) is 15.8. The van der Waals surface area contributed by atoms with E-state index in [2.05, 4.69) is 0 Å². The van der Waals surface area contributed by atoms with Crippen molar-refractivity contribution in [1.29, 1.82) is 0 Å². The standard InChI is InChI=1S/C14H16N2O5/c1-9-10(5-3-6-11(9)16(20)21)12(17)15-8-4-7-14(15,2)13(18)19/h3,5-6H,4,7-8H2,1-2H3,(H,18,19). The molecule has 1 saturated heterocycles. The van der Waals surface area contributed by atoms with Crippen LogP contribution in [0.2, 0.25) is 0 Å². The number of likely N-dealkylation sites (tertiary alicyclic amines) is 1. The van der Waals surface area contributed by atoms with E-state index in [1.54, 1.807) is 0 Å². The van der Waals surface area contributed by atoms with E-state index >= 15 is 0 Å².